The number of carbonyl (C=O) groups is 4. The topological polar surface area (TPSA) is 105 Å². The normalized spacial score (nSPS) is 14.9. The summed E-state index contributed by atoms with van der Waals surface area (Å²) in [6.07, 6.45) is -1.89. The molecule has 4 atom stereocenters. The molecule has 0 bridgehead atoms. The van der Waals surface area contributed by atoms with Crippen molar-refractivity contribution >= 4 is 23.9 Å². The third-order valence-corrected chi connectivity index (χ3v) is 7.41. The number of ether oxygens (including phenoxy) is 4. The van der Waals surface area contributed by atoms with Crippen molar-refractivity contribution in [3.8, 4) is 0 Å². The van der Waals surface area contributed by atoms with E-state index in [-0.39, 0.29) is 67.8 Å². The lowest BCUT2D eigenvalue weighted by molar-refractivity contribution is -0.295. The smallest absolute Gasteiger partial charge is 0.315 e. The lowest BCUT2D eigenvalue weighted by atomic mass is 9.74. The van der Waals surface area contributed by atoms with Crippen molar-refractivity contribution in [1.82, 2.24) is 0 Å². The highest BCUT2D eigenvalue weighted by molar-refractivity contribution is 5.68. The van der Waals surface area contributed by atoms with Crippen LogP contribution in [0, 0.1) is 32.5 Å². The zero-order valence-electron chi connectivity index (χ0n) is 35.1. The van der Waals surface area contributed by atoms with Crippen molar-refractivity contribution in [2.75, 3.05) is 0 Å². The van der Waals surface area contributed by atoms with Gasteiger partial charge in [0, 0.05) is 60.2 Å². The first kappa shape index (κ1) is 62.6. The molecule has 0 aliphatic carbocycles. The Morgan fingerprint density at radius 3 is 0.509 bits per heavy atom. The molecule has 0 aliphatic heterocycles. The molecule has 0 aliphatic rings. The molecular weight excluding hydrogens is 696 g/mol. The number of hydrogen-bond donors (Lipinski definition) is 0. The van der Waals surface area contributed by atoms with Crippen molar-refractivity contribution in [3.05, 3.63) is 0 Å². The SMILES string of the molecule is C.C.C.CC(=O)OC(C(OC(C)=O)C(C)(C)C)C(C)(C)C.CC(=O)O[C@@H]([C@H](OC(C)=O)C(C)(C)C)C(C)(C)C.CC(C)(C)C(F)(F)C(F)(F)C(C)(C)C. The fourth-order valence-electron chi connectivity index (χ4n) is 4.43. The van der Waals surface area contributed by atoms with E-state index >= 15 is 0 Å². The Kier molecular flexibility index (Phi) is 25.5. The second-order valence-electron chi connectivity index (χ2n) is 19.2. The van der Waals surface area contributed by atoms with Gasteiger partial charge in [0.15, 0.2) is 0 Å². The molecule has 0 aromatic carbocycles. The zero-order chi connectivity index (χ0) is 41.4. The monoisotopic (exact) mass is 779 g/mol. The summed E-state index contributed by atoms with van der Waals surface area (Å²) >= 11 is 0. The summed E-state index contributed by atoms with van der Waals surface area (Å²) in [7, 11) is 0. The molecule has 0 N–H and O–H groups in total. The van der Waals surface area contributed by atoms with Crippen LogP contribution < -0.4 is 0 Å². The van der Waals surface area contributed by atoms with Gasteiger partial charge in [0.1, 0.15) is 24.4 Å². The Hall–Kier alpha value is -2.40. The van der Waals surface area contributed by atoms with Gasteiger partial charge in [-0.2, -0.15) is 17.6 Å². The van der Waals surface area contributed by atoms with Crippen LogP contribution >= 0.6 is 0 Å². The lowest BCUT2D eigenvalue weighted by Gasteiger charge is -2.42. The predicted molar refractivity (Wildman–Crippen MR) is 209 cm³/mol. The second-order valence-corrected chi connectivity index (χ2v) is 19.2. The van der Waals surface area contributed by atoms with Gasteiger partial charge >= 0.3 is 35.7 Å². The maximum Gasteiger partial charge on any atom is 0.315 e. The summed E-state index contributed by atoms with van der Waals surface area (Å²) in [5.41, 5.74) is -4.72. The van der Waals surface area contributed by atoms with Gasteiger partial charge in [-0.15, -0.1) is 0 Å². The molecule has 0 spiro atoms. The lowest BCUT2D eigenvalue weighted by Crippen LogP contribution is -2.56. The molecule has 0 rings (SSSR count). The molecule has 0 saturated heterocycles. The maximum atomic E-state index is 13.5. The minimum atomic E-state index is -4.02. The molecule has 8 nitrogen and oxygen atoms in total. The average molecular weight is 779 g/mol. The van der Waals surface area contributed by atoms with E-state index in [4.69, 9.17) is 18.9 Å². The second kappa shape index (κ2) is 21.6. The number of carbonyl (C=O) groups excluding carboxylic acids is 4. The van der Waals surface area contributed by atoms with E-state index < -0.39 is 47.1 Å². The van der Waals surface area contributed by atoms with E-state index in [0.29, 0.717) is 0 Å². The van der Waals surface area contributed by atoms with Crippen LogP contribution in [0.1, 0.15) is 175 Å². The molecule has 0 aromatic rings. The van der Waals surface area contributed by atoms with E-state index in [1.807, 2.05) is 83.1 Å². The van der Waals surface area contributed by atoms with Crippen LogP contribution in [0.4, 0.5) is 17.6 Å². The summed E-state index contributed by atoms with van der Waals surface area (Å²) in [5, 5.41) is 0. The molecule has 0 amide bonds. The largest absolute Gasteiger partial charge is 0.458 e. The van der Waals surface area contributed by atoms with Crippen LogP contribution in [0.3, 0.4) is 0 Å². The van der Waals surface area contributed by atoms with E-state index in [1.54, 1.807) is 0 Å². The van der Waals surface area contributed by atoms with Crippen LogP contribution in [0.15, 0.2) is 0 Å². The van der Waals surface area contributed by atoms with Crippen molar-refractivity contribution in [1.29, 1.82) is 0 Å². The van der Waals surface area contributed by atoms with Crippen LogP contribution in [0.2, 0.25) is 0 Å². The Labute approximate surface area is 322 Å². The van der Waals surface area contributed by atoms with Crippen molar-refractivity contribution < 1.29 is 55.7 Å². The van der Waals surface area contributed by atoms with E-state index in [9.17, 15) is 36.7 Å². The molecule has 0 fully saturated rings. The van der Waals surface area contributed by atoms with E-state index in [0.717, 1.165) is 41.5 Å². The van der Waals surface area contributed by atoms with E-state index in [1.165, 1.54) is 27.7 Å². The van der Waals surface area contributed by atoms with Crippen LogP contribution in [0.25, 0.3) is 0 Å². The highest BCUT2D eigenvalue weighted by Crippen LogP contribution is 2.54. The highest BCUT2D eigenvalue weighted by Gasteiger charge is 2.67. The summed E-state index contributed by atoms with van der Waals surface area (Å²) in [6, 6.07) is 0. The standard InChI is InChI=1S/2C14H26O4.C10H18F4.3CH4/c2*1-9(15)17-11(13(3,4)5)12(14(6,7)8)18-10(2)16;1-7(2,3)9(11,12)10(13,14)8(4,5)6;;;/h2*11-12H,1-8H3;1-6H3;3*1H4/t11-,12-;;;;;/m0...../s1. The highest BCUT2D eigenvalue weighted by atomic mass is 19.3. The Bertz CT molecular complexity index is 956. The Morgan fingerprint density at radius 1 is 0.340 bits per heavy atom. The van der Waals surface area contributed by atoms with Crippen molar-refractivity contribution in [2.24, 2.45) is 32.5 Å². The maximum absolute atomic E-state index is 13.5. The fraction of sp³-hybridized carbons (Fsp3) is 0.902. The molecule has 0 aromatic heterocycles. The number of rotatable bonds is 7. The zero-order valence-corrected chi connectivity index (χ0v) is 35.1. The average Bonchev–Trinajstić information content (AvgIpc) is 2.79. The first-order chi connectivity index (χ1) is 21.5. The fourth-order valence-corrected chi connectivity index (χ4v) is 4.43. The molecule has 2 unspecified atom stereocenters. The van der Waals surface area contributed by atoms with Gasteiger partial charge in [0.2, 0.25) is 0 Å². The summed E-state index contributed by atoms with van der Waals surface area (Å²) < 4.78 is 75.4. The molecular formula is C41H82F4O8. The number of alkyl halides is 4. The van der Waals surface area contributed by atoms with Crippen molar-refractivity contribution in [3.63, 3.8) is 0 Å². The first-order valence-corrected chi connectivity index (χ1v) is 16.9. The Balaban J connectivity index is -0.000000153. The minimum Gasteiger partial charge on any atom is -0.458 e. The van der Waals surface area contributed by atoms with Crippen LogP contribution in [-0.2, 0) is 38.1 Å². The van der Waals surface area contributed by atoms with Gasteiger partial charge < -0.3 is 18.9 Å². The minimum absolute atomic E-state index is 0. The number of hydrogen-bond acceptors (Lipinski definition) is 8. The van der Waals surface area contributed by atoms with Gasteiger partial charge in [0.25, 0.3) is 0 Å². The molecule has 0 heterocycles. The van der Waals surface area contributed by atoms with Gasteiger partial charge in [-0.25, -0.2) is 0 Å². The number of halogens is 4. The molecule has 322 valence electrons. The van der Waals surface area contributed by atoms with Gasteiger partial charge in [0.05, 0.1) is 0 Å². The third kappa shape index (κ3) is 21.3. The molecule has 0 radical (unpaired) electrons. The van der Waals surface area contributed by atoms with Gasteiger partial charge in [-0.05, 0) is 0 Å². The summed E-state index contributed by atoms with van der Waals surface area (Å²) in [4.78, 5) is 45.0. The molecule has 12 heteroatoms. The van der Waals surface area contributed by atoms with E-state index in [2.05, 4.69) is 0 Å². The van der Waals surface area contributed by atoms with Crippen molar-refractivity contribution in [2.45, 2.75) is 211 Å². The third-order valence-electron chi connectivity index (χ3n) is 7.41. The number of esters is 4. The van der Waals surface area contributed by atoms with Crippen LogP contribution in [0.5, 0.6) is 0 Å². The van der Waals surface area contributed by atoms with Gasteiger partial charge in [-0.1, -0.05) is 147 Å². The summed E-state index contributed by atoms with van der Waals surface area (Å²) in [5.74, 6) is -9.49. The summed E-state index contributed by atoms with van der Waals surface area (Å²) in [6.45, 7) is 35.7. The van der Waals surface area contributed by atoms with Gasteiger partial charge in [-0.3, -0.25) is 19.2 Å². The predicted octanol–water partition coefficient (Wildman–Crippen LogP) is 12.1. The molecule has 53 heavy (non-hydrogen) atoms. The Morgan fingerprint density at radius 2 is 0.453 bits per heavy atom. The first-order valence-electron chi connectivity index (χ1n) is 16.9. The molecule has 0 saturated carbocycles. The van der Waals surface area contributed by atoms with Crippen LogP contribution in [-0.4, -0.2) is 60.1 Å². The quantitative estimate of drug-likeness (QED) is 0.143.